The number of aryl methyl sites for hydroxylation is 2. The zero-order valence-electron chi connectivity index (χ0n) is 9.42. The van der Waals surface area contributed by atoms with Gasteiger partial charge in [-0.2, -0.15) is 0 Å². The van der Waals surface area contributed by atoms with Crippen molar-refractivity contribution >= 4 is 0 Å². The maximum absolute atomic E-state index is 8.57. The van der Waals surface area contributed by atoms with E-state index in [1.807, 2.05) is 32.0 Å². The van der Waals surface area contributed by atoms with Gasteiger partial charge in [0, 0.05) is 13.1 Å². The summed E-state index contributed by atoms with van der Waals surface area (Å²) in [4.78, 5) is 0. The summed E-state index contributed by atoms with van der Waals surface area (Å²) in [6.45, 7) is 6.27. The Labute approximate surface area is 91.1 Å². The molecule has 0 aliphatic rings. The van der Waals surface area contributed by atoms with Gasteiger partial charge in [-0.1, -0.05) is 18.2 Å². The minimum Gasteiger partial charge on any atom is -0.492 e. The van der Waals surface area contributed by atoms with Gasteiger partial charge in [0.05, 0.1) is 6.61 Å². The van der Waals surface area contributed by atoms with Crippen molar-refractivity contribution in [1.82, 2.24) is 5.32 Å². The van der Waals surface area contributed by atoms with E-state index in [4.69, 9.17) is 9.84 Å². The van der Waals surface area contributed by atoms with Crippen LogP contribution in [0.25, 0.3) is 0 Å². The summed E-state index contributed by atoms with van der Waals surface area (Å²) < 4.78 is 5.67. The number of hydrogen-bond donors (Lipinski definition) is 2. The Kier molecular flexibility index (Phi) is 5.15. The van der Waals surface area contributed by atoms with Gasteiger partial charge >= 0.3 is 0 Å². The van der Waals surface area contributed by atoms with Crippen LogP contribution in [0, 0.1) is 13.8 Å². The molecular weight excluding hydrogens is 190 g/mol. The molecule has 0 spiro atoms. The fraction of sp³-hybridized carbons (Fsp3) is 0.500. The molecule has 15 heavy (non-hydrogen) atoms. The summed E-state index contributed by atoms with van der Waals surface area (Å²) in [7, 11) is 0. The van der Waals surface area contributed by atoms with Gasteiger partial charge in [0.1, 0.15) is 12.4 Å². The third-order valence-corrected chi connectivity index (χ3v) is 2.22. The topological polar surface area (TPSA) is 41.5 Å². The average molecular weight is 209 g/mol. The molecule has 0 aromatic heterocycles. The van der Waals surface area contributed by atoms with E-state index in [-0.39, 0.29) is 6.61 Å². The van der Waals surface area contributed by atoms with Crippen LogP contribution in [0.2, 0.25) is 0 Å². The second-order valence-electron chi connectivity index (χ2n) is 3.54. The number of rotatable bonds is 6. The molecule has 0 saturated carbocycles. The standard InChI is InChI=1S/C12H19NO2/c1-10-4-3-5-11(2)12(10)15-9-7-13-6-8-14/h3-5,13-14H,6-9H2,1-2H3. The first-order chi connectivity index (χ1) is 7.25. The van der Waals surface area contributed by atoms with Gasteiger partial charge in [-0.05, 0) is 25.0 Å². The number of aliphatic hydroxyl groups excluding tert-OH is 1. The van der Waals surface area contributed by atoms with E-state index >= 15 is 0 Å². The van der Waals surface area contributed by atoms with Gasteiger partial charge in [-0.3, -0.25) is 0 Å². The fourth-order valence-electron chi connectivity index (χ4n) is 1.46. The van der Waals surface area contributed by atoms with E-state index in [1.165, 1.54) is 0 Å². The van der Waals surface area contributed by atoms with E-state index in [9.17, 15) is 0 Å². The van der Waals surface area contributed by atoms with Gasteiger partial charge in [0.2, 0.25) is 0 Å². The van der Waals surface area contributed by atoms with Crippen LogP contribution < -0.4 is 10.1 Å². The number of para-hydroxylation sites is 1. The number of nitrogens with one attached hydrogen (secondary N) is 1. The first-order valence-electron chi connectivity index (χ1n) is 5.26. The van der Waals surface area contributed by atoms with Crippen molar-refractivity contribution in [2.45, 2.75) is 13.8 Å². The number of hydrogen-bond acceptors (Lipinski definition) is 3. The molecule has 0 heterocycles. The number of ether oxygens (including phenoxy) is 1. The Morgan fingerprint density at radius 2 is 1.87 bits per heavy atom. The summed E-state index contributed by atoms with van der Waals surface area (Å²) in [6, 6.07) is 6.12. The van der Waals surface area contributed by atoms with Crippen LogP contribution in [-0.2, 0) is 0 Å². The van der Waals surface area contributed by atoms with Crippen LogP contribution in [0.5, 0.6) is 5.75 Å². The van der Waals surface area contributed by atoms with Crippen LogP contribution >= 0.6 is 0 Å². The molecule has 1 aromatic carbocycles. The molecule has 2 N–H and O–H groups in total. The quantitative estimate of drug-likeness (QED) is 0.693. The predicted octanol–water partition coefficient (Wildman–Crippen LogP) is 1.26. The van der Waals surface area contributed by atoms with Crippen molar-refractivity contribution in [3.05, 3.63) is 29.3 Å². The highest BCUT2D eigenvalue weighted by atomic mass is 16.5. The molecular formula is C12H19NO2. The largest absolute Gasteiger partial charge is 0.492 e. The molecule has 0 atom stereocenters. The third kappa shape index (κ3) is 3.90. The Bertz CT molecular complexity index is 279. The van der Waals surface area contributed by atoms with Crippen LogP contribution in [0.1, 0.15) is 11.1 Å². The second-order valence-corrected chi connectivity index (χ2v) is 3.54. The first kappa shape index (κ1) is 12.0. The van der Waals surface area contributed by atoms with Gasteiger partial charge in [-0.25, -0.2) is 0 Å². The fourth-order valence-corrected chi connectivity index (χ4v) is 1.46. The molecule has 0 aliphatic carbocycles. The number of aliphatic hydroxyl groups is 1. The zero-order chi connectivity index (χ0) is 11.1. The van der Waals surface area contributed by atoms with Gasteiger partial charge in [-0.15, -0.1) is 0 Å². The van der Waals surface area contributed by atoms with E-state index in [1.54, 1.807) is 0 Å². The summed E-state index contributed by atoms with van der Waals surface area (Å²) >= 11 is 0. The SMILES string of the molecule is Cc1cccc(C)c1OCCNCCO. The highest BCUT2D eigenvalue weighted by Gasteiger charge is 2.01. The van der Waals surface area contributed by atoms with Crippen LogP contribution in [0.4, 0.5) is 0 Å². The maximum Gasteiger partial charge on any atom is 0.125 e. The molecule has 84 valence electrons. The van der Waals surface area contributed by atoms with E-state index in [0.717, 1.165) is 23.4 Å². The summed E-state index contributed by atoms with van der Waals surface area (Å²) in [5, 5.41) is 11.6. The second kappa shape index (κ2) is 6.43. The lowest BCUT2D eigenvalue weighted by atomic mass is 10.1. The molecule has 1 aromatic rings. The van der Waals surface area contributed by atoms with Crippen molar-refractivity contribution < 1.29 is 9.84 Å². The Morgan fingerprint density at radius 1 is 1.20 bits per heavy atom. The van der Waals surface area contributed by atoms with Crippen molar-refractivity contribution in [3.8, 4) is 5.75 Å². The Morgan fingerprint density at radius 3 is 2.47 bits per heavy atom. The lowest BCUT2D eigenvalue weighted by molar-refractivity contribution is 0.274. The van der Waals surface area contributed by atoms with Gasteiger partial charge in [0.15, 0.2) is 0 Å². The van der Waals surface area contributed by atoms with E-state index < -0.39 is 0 Å². The van der Waals surface area contributed by atoms with Crippen molar-refractivity contribution in [3.63, 3.8) is 0 Å². The average Bonchev–Trinajstić information content (AvgIpc) is 2.21. The van der Waals surface area contributed by atoms with E-state index in [2.05, 4.69) is 5.32 Å². The Hall–Kier alpha value is -1.06. The van der Waals surface area contributed by atoms with E-state index in [0.29, 0.717) is 13.2 Å². The maximum atomic E-state index is 8.57. The van der Waals surface area contributed by atoms with Crippen LogP contribution in [0.15, 0.2) is 18.2 Å². The van der Waals surface area contributed by atoms with Gasteiger partial charge < -0.3 is 15.2 Å². The van der Waals surface area contributed by atoms with Crippen molar-refractivity contribution in [2.75, 3.05) is 26.3 Å². The lowest BCUT2D eigenvalue weighted by Gasteiger charge is -2.11. The molecule has 0 radical (unpaired) electrons. The summed E-state index contributed by atoms with van der Waals surface area (Å²) in [5.41, 5.74) is 2.33. The molecule has 3 heteroatoms. The third-order valence-electron chi connectivity index (χ3n) is 2.22. The minimum atomic E-state index is 0.170. The van der Waals surface area contributed by atoms with Gasteiger partial charge in [0.25, 0.3) is 0 Å². The lowest BCUT2D eigenvalue weighted by Crippen LogP contribution is -2.24. The first-order valence-corrected chi connectivity index (χ1v) is 5.26. The molecule has 0 fully saturated rings. The highest BCUT2D eigenvalue weighted by Crippen LogP contribution is 2.21. The molecule has 0 amide bonds. The smallest absolute Gasteiger partial charge is 0.125 e. The highest BCUT2D eigenvalue weighted by molar-refractivity contribution is 5.39. The Balaban J connectivity index is 2.37. The normalized spacial score (nSPS) is 10.3. The van der Waals surface area contributed by atoms with Crippen molar-refractivity contribution in [2.24, 2.45) is 0 Å². The molecule has 0 saturated heterocycles. The van der Waals surface area contributed by atoms with Crippen LogP contribution in [0.3, 0.4) is 0 Å². The molecule has 1 rings (SSSR count). The predicted molar refractivity (Wildman–Crippen MR) is 61.4 cm³/mol. The molecule has 0 bridgehead atoms. The molecule has 0 unspecified atom stereocenters. The number of benzene rings is 1. The zero-order valence-corrected chi connectivity index (χ0v) is 9.42. The molecule has 0 aliphatic heterocycles. The monoisotopic (exact) mass is 209 g/mol. The summed E-state index contributed by atoms with van der Waals surface area (Å²) in [5.74, 6) is 0.975. The minimum absolute atomic E-state index is 0.170. The molecule has 3 nitrogen and oxygen atoms in total. The van der Waals surface area contributed by atoms with Crippen LogP contribution in [-0.4, -0.2) is 31.4 Å². The summed E-state index contributed by atoms with van der Waals surface area (Å²) in [6.07, 6.45) is 0. The van der Waals surface area contributed by atoms with Crippen molar-refractivity contribution in [1.29, 1.82) is 0 Å².